The molecule has 1 aromatic heterocycles. The van der Waals surface area contributed by atoms with Crippen LogP contribution in [0.25, 0.3) is 0 Å². The molecule has 0 bridgehead atoms. The van der Waals surface area contributed by atoms with E-state index < -0.39 is 17.7 Å². The maximum Gasteiger partial charge on any atom is 0.340 e. The molecule has 1 heterocycles. The van der Waals surface area contributed by atoms with Crippen LogP contribution in [0.3, 0.4) is 0 Å². The first-order valence-corrected chi connectivity index (χ1v) is 6.20. The zero-order valence-corrected chi connectivity index (χ0v) is 11.6. The number of aromatic nitrogens is 1. The van der Waals surface area contributed by atoms with Crippen molar-refractivity contribution in [1.82, 2.24) is 4.98 Å². The Morgan fingerprint density at radius 3 is 2.67 bits per heavy atom. The van der Waals surface area contributed by atoms with Gasteiger partial charge in [-0.25, -0.2) is 14.2 Å². The van der Waals surface area contributed by atoms with Crippen molar-refractivity contribution in [3.63, 3.8) is 0 Å². The number of carbonyl (C=O) groups excluding carboxylic acids is 2. The lowest BCUT2D eigenvalue weighted by Gasteiger charge is -2.07. The Morgan fingerprint density at radius 2 is 2.05 bits per heavy atom. The third-order valence-corrected chi connectivity index (χ3v) is 2.84. The highest BCUT2D eigenvalue weighted by Crippen LogP contribution is 2.17. The van der Waals surface area contributed by atoms with E-state index >= 15 is 0 Å². The molecule has 2 rings (SSSR count). The number of amides is 1. The Labute approximate surface area is 124 Å². The number of methoxy groups -OCH3 is 1. The number of pyridine rings is 1. The highest BCUT2D eigenvalue weighted by atomic mass is 35.5. The number of carbonyl (C=O) groups is 2. The van der Waals surface area contributed by atoms with Crippen molar-refractivity contribution in [1.29, 1.82) is 0 Å². The summed E-state index contributed by atoms with van der Waals surface area (Å²) < 4.78 is 17.9. The van der Waals surface area contributed by atoms with Crippen molar-refractivity contribution >= 4 is 29.2 Å². The lowest BCUT2D eigenvalue weighted by molar-refractivity contribution is 0.0595. The van der Waals surface area contributed by atoms with Gasteiger partial charge in [-0.2, -0.15) is 0 Å². The summed E-state index contributed by atoms with van der Waals surface area (Å²) >= 11 is 5.63. The minimum atomic E-state index is -0.822. The quantitative estimate of drug-likeness (QED) is 0.699. The Morgan fingerprint density at radius 1 is 1.29 bits per heavy atom. The van der Waals surface area contributed by atoms with Crippen LogP contribution < -0.4 is 5.32 Å². The summed E-state index contributed by atoms with van der Waals surface area (Å²) in [4.78, 5) is 27.1. The summed E-state index contributed by atoms with van der Waals surface area (Å²) in [5.74, 6) is -2.01. The fourth-order valence-corrected chi connectivity index (χ4v) is 1.69. The third-order valence-electron chi connectivity index (χ3n) is 2.62. The van der Waals surface area contributed by atoms with E-state index in [-0.39, 0.29) is 22.0 Å². The van der Waals surface area contributed by atoms with E-state index in [1.54, 1.807) is 0 Å². The molecule has 0 unspecified atom stereocenters. The molecule has 0 radical (unpaired) electrons. The van der Waals surface area contributed by atoms with Gasteiger partial charge in [0.2, 0.25) is 0 Å². The fraction of sp³-hybridized carbons (Fsp3) is 0.0714. The number of anilines is 1. The largest absolute Gasteiger partial charge is 0.465 e. The van der Waals surface area contributed by atoms with Crippen LogP contribution in [0.5, 0.6) is 0 Å². The second-order valence-corrected chi connectivity index (χ2v) is 4.40. The van der Waals surface area contributed by atoms with E-state index in [0.717, 1.165) is 13.2 Å². The van der Waals surface area contributed by atoms with E-state index in [4.69, 9.17) is 11.6 Å². The van der Waals surface area contributed by atoms with Gasteiger partial charge in [0, 0.05) is 11.9 Å². The van der Waals surface area contributed by atoms with Crippen molar-refractivity contribution in [3.8, 4) is 0 Å². The normalized spacial score (nSPS) is 10.0. The first-order chi connectivity index (χ1) is 10.0. The van der Waals surface area contributed by atoms with Crippen LogP contribution in [0.1, 0.15) is 20.7 Å². The Bertz CT molecular complexity index is 689. The van der Waals surface area contributed by atoms with E-state index in [0.29, 0.717) is 0 Å². The summed E-state index contributed by atoms with van der Waals surface area (Å²) in [5, 5.41) is 2.79. The van der Waals surface area contributed by atoms with Gasteiger partial charge in [-0.1, -0.05) is 11.6 Å². The first kappa shape index (κ1) is 14.9. The molecule has 0 fully saturated rings. The predicted molar refractivity (Wildman–Crippen MR) is 74.9 cm³/mol. The summed E-state index contributed by atoms with van der Waals surface area (Å²) in [6.07, 6.45) is 1.31. The van der Waals surface area contributed by atoms with Crippen LogP contribution >= 0.6 is 11.6 Å². The van der Waals surface area contributed by atoms with Crippen LogP contribution in [-0.2, 0) is 4.74 Å². The number of benzene rings is 1. The van der Waals surface area contributed by atoms with Crippen LogP contribution in [-0.4, -0.2) is 24.0 Å². The minimum Gasteiger partial charge on any atom is -0.465 e. The first-order valence-electron chi connectivity index (χ1n) is 5.82. The average Bonchev–Trinajstić information content (AvgIpc) is 2.49. The molecule has 1 aromatic carbocycles. The van der Waals surface area contributed by atoms with E-state index in [9.17, 15) is 14.0 Å². The van der Waals surface area contributed by atoms with Crippen LogP contribution in [0.2, 0.25) is 5.15 Å². The molecule has 0 aliphatic heterocycles. The molecule has 7 heteroatoms. The van der Waals surface area contributed by atoms with Crippen LogP contribution in [0, 0.1) is 5.82 Å². The molecule has 0 saturated heterocycles. The van der Waals surface area contributed by atoms with E-state index in [1.165, 1.54) is 30.5 Å². The molecular weight excluding hydrogens is 299 g/mol. The maximum atomic E-state index is 13.5. The van der Waals surface area contributed by atoms with Gasteiger partial charge in [0.1, 0.15) is 11.0 Å². The Balaban J connectivity index is 2.21. The molecule has 5 nitrogen and oxygen atoms in total. The molecule has 0 aliphatic carbocycles. The molecule has 1 N–H and O–H groups in total. The van der Waals surface area contributed by atoms with Gasteiger partial charge < -0.3 is 10.1 Å². The number of hydrogen-bond acceptors (Lipinski definition) is 4. The number of ether oxygens (including phenoxy) is 1. The number of rotatable bonds is 3. The zero-order valence-electron chi connectivity index (χ0n) is 10.9. The summed E-state index contributed by atoms with van der Waals surface area (Å²) in [6, 6.07) is 6.57. The molecule has 21 heavy (non-hydrogen) atoms. The number of hydrogen-bond donors (Lipinski definition) is 1. The van der Waals surface area contributed by atoms with Crippen molar-refractivity contribution < 1.29 is 18.7 Å². The van der Waals surface area contributed by atoms with Crippen molar-refractivity contribution in [2.45, 2.75) is 0 Å². The highest BCUT2D eigenvalue weighted by molar-refractivity contribution is 6.29. The maximum absolute atomic E-state index is 13.5. The van der Waals surface area contributed by atoms with Crippen molar-refractivity contribution in [3.05, 3.63) is 58.6 Å². The average molecular weight is 309 g/mol. The van der Waals surface area contributed by atoms with Crippen LogP contribution in [0.4, 0.5) is 10.1 Å². The molecule has 0 saturated carbocycles. The second kappa shape index (κ2) is 6.32. The number of halogens is 2. The summed E-state index contributed by atoms with van der Waals surface area (Å²) in [5.41, 5.74) is 0.282. The molecule has 0 spiro atoms. The lowest BCUT2D eigenvalue weighted by atomic mass is 10.2. The van der Waals surface area contributed by atoms with Gasteiger partial charge in [-0.05, 0) is 30.3 Å². The van der Waals surface area contributed by atoms with E-state index in [2.05, 4.69) is 15.0 Å². The van der Waals surface area contributed by atoms with Crippen molar-refractivity contribution in [2.24, 2.45) is 0 Å². The Hall–Kier alpha value is -2.47. The SMILES string of the molecule is COC(=O)c1cc(NC(=O)c2ccc(Cl)nc2)ccc1F. The highest BCUT2D eigenvalue weighted by Gasteiger charge is 2.14. The lowest BCUT2D eigenvalue weighted by Crippen LogP contribution is -2.13. The smallest absolute Gasteiger partial charge is 0.340 e. The number of nitrogens with zero attached hydrogens (tertiary/aromatic N) is 1. The van der Waals surface area contributed by atoms with Crippen LogP contribution in [0.15, 0.2) is 36.5 Å². The van der Waals surface area contributed by atoms with Gasteiger partial charge in [0.15, 0.2) is 0 Å². The second-order valence-electron chi connectivity index (χ2n) is 4.01. The van der Waals surface area contributed by atoms with Gasteiger partial charge >= 0.3 is 5.97 Å². The van der Waals surface area contributed by atoms with Gasteiger partial charge in [-0.3, -0.25) is 4.79 Å². The molecular formula is C14H10ClFN2O3. The molecule has 1 amide bonds. The van der Waals surface area contributed by atoms with Gasteiger partial charge in [0.05, 0.1) is 18.2 Å². The van der Waals surface area contributed by atoms with E-state index in [1.807, 2.05) is 0 Å². The predicted octanol–water partition coefficient (Wildman–Crippen LogP) is 2.91. The van der Waals surface area contributed by atoms with Crippen molar-refractivity contribution in [2.75, 3.05) is 12.4 Å². The Kier molecular flexibility index (Phi) is 4.49. The topological polar surface area (TPSA) is 68.3 Å². The minimum absolute atomic E-state index is 0.260. The molecule has 108 valence electrons. The fourth-order valence-electron chi connectivity index (χ4n) is 1.58. The zero-order chi connectivity index (χ0) is 15.4. The number of esters is 1. The monoisotopic (exact) mass is 308 g/mol. The van der Waals surface area contributed by atoms with Gasteiger partial charge in [-0.15, -0.1) is 0 Å². The molecule has 0 aliphatic rings. The summed E-state index contributed by atoms with van der Waals surface area (Å²) in [6.45, 7) is 0. The third kappa shape index (κ3) is 3.55. The molecule has 2 aromatic rings. The standard InChI is InChI=1S/C14H10ClFN2O3/c1-21-14(20)10-6-9(3-4-11(10)16)18-13(19)8-2-5-12(15)17-7-8/h2-7H,1H3,(H,18,19). The summed E-state index contributed by atoms with van der Waals surface area (Å²) in [7, 11) is 1.15. The van der Waals surface area contributed by atoms with Gasteiger partial charge in [0.25, 0.3) is 5.91 Å². The molecule has 0 atom stereocenters. The number of nitrogens with one attached hydrogen (secondary N) is 1.